The highest BCUT2D eigenvalue weighted by Crippen LogP contribution is 2.41. The van der Waals surface area contributed by atoms with E-state index >= 15 is 0 Å². The predicted molar refractivity (Wildman–Crippen MR) is 135 cm³/mol. The number of halogens is 2. The molecule has 1 aliphatic heterocycles. The maximum atomic E-state index is 13.5. The molecule has 170 valence electrons. The number of nitrogens with zero attached hydrogens (tertiary/aromatic N) is 2. The Labute approximate surface area is 203 Å². The first kappa shape index (κ1) is 22.1. The second-order valence-electron chi connectivity index (χ2n) is 8.55. The average Bonchev–Trinajstić information content (AvgIpc) is 3.24. The van der Waals surface area contributed by atoms with Gasteiger partial charge >= 0.3 is 0 Å². The lowest BCUT2D eigenvalue weighted by molar-refractivity contribution is 0.0977. The van der Waals surface area contributed by atoms with Gasteiger partial charge in [0.25, 0.3) is 0 Å². The molecule has 0 saturated heterocycles. The summed E-state index contributed by atoms with van der Waals surface area (Å²) in [4.78, 5) is 13.5. The van der Waals surface area contributed by atoms with Crippen molar-refractivity contribution in [3.05, 3.63) is 70.0 Å². The van der Waals surface area contributed by atoms with Gasteiger partial charge in [0.05, 0.1) is 28.5 Å². The molecule has 0 unspecified atom stereocenters. The van der Waals surface area contributed by atoms with Crippen molar-refractivity contribution in [3.63, 3.8) is 0 Å². The Bertz CT molecular complexity index is 1350. The van der Waals surface area contributed by atoms with Gasteiger partial charge in [0, 0.05) is 35.9 Å². The SMILES string of the molecule is CCCC(=O)c1c(-c2ccc(OC)cc2)c2c3n(c(-c4ccc(Cl)c(Cl)c4)cn13)CCCC2. The van der Waals surface area contributed by atoms with E-state index in [2.05, 4.69) is 27.3 Å². The number of imidazole rings is 1. The van der Waals surface area contributed by atoms with Gasteiger partial charge in [-0.3, -0.25) is 9.20 Å². The second-order valence-corrected chi connectivity index (χ2v) is 9.36. The number of carbonyl (C=O) groups is 1. The summed E-state index contributed by atoms with van der Waals surface area (Å²) in [6.45, 7) is 2.94. The molecule has 0 N–H and O–H groups in total. The van der Waals surface area contributed by atoms with E-state index in [0.717, 1.165) is 71.7 Å². The molecule has 1 aliphatic rings. The number of hydrogen-bond acceptors (Lipinski definition) is 2. The zero-order chi connectivity index (χ0) is 23.1. The molecule has 33 heavy (non-hydrogen) atoms. The molecule has 0 fully saturated rings. The zero-order valence-electron chi connectivity index (χ0n) is 18.8. The highest BCUT2D eigenvalue weighted by atomic mass is 35.5. The first-order valence-corrected chi connectivity index (χ1v) is 12.2. The molecule has 0 radical (unpaired) electrons. The van der Waals surface area contributed by atoms with Gasteiger partial charge in [-0.05, 0) is 55.5 Å². The zero-order valence-corrected chi connectivity index (χ0v) is 20.3. The number of ether oxygens (including phenoxy) is 1. The van der Waals surface area contributed by atoms with E-state index < -0.39 is 0 Å². The smallest absolute Gasteiger partial charge is 0.180 e. The minimum absolute atomic E-state index is 0.169. The Morgan fingerprint density at radius 1 is 1.03 bits per heavy atom. The van der Waals surface area contributed by atoms with Crippen molar-refractivity contribution in [2.45, 2.75) is 45.6 Å². The summed E-state index contributed by atoms with van der Waals surface area (Å²) in [5.74, 6) is 0.976. The number of hydrogen-bond donors (Lipinski definition) is 0. The largest absolute Gasteiger partial charge is 0.497 e. The molecule has 0 amide bonds. The standard InChI is InChI=1S/C27H26Cl2N2O2/c1-3-6-24(32)26-25(17-8-11-19(33-2)12-9-17)20-7-4-5-14-30-23(16-31(26)27(20)30)18-10-13-21(28)22(29)15-18/h8-13,15-16H,3-7,14H2,1-2H3. The van der Waals surface area contributed by atoms with Crippen molar-refractivity contribution in [3.8, 4) is 28.1 Å². The van der Waals surface area contributed by atoms with Gasteiger partial charge < -0.3 is 9.30 Å². The fourth-order valence-corrected chi connectivity index (χ4v) is 5.26. The van der Waals surface area contributed by atoms with Crippen LogP contribution in [0.4, 0.5) is 0 Å². The number of methoxy groups -OCH3 is 1. The number of aromatic nitrogens is 2. The summed E-state index contributed by atoms with van der Waals surface area (Å²) >= 11 is 12.5. The number of rotatable bonds is 6. The van der Waals surface area contributed by atoms with Crippen LogP contribution in [0.3, 0.4) is 0 Å². The fourth-order valence-electron chi connectivity index (χ4n) is 4.96. The first-order chi connectivity index (χ1) is 16.0. The summed E-state index contributed by atoms with van der Waals surface area (Å²) in [5.41, 5.74) is 7.29. The quantitative estimate of drug-likeness (QED) is 0.265. The van der Waals surface area contributed by atoms with E-state index in [1.807, 2.05) is 37.3 Å². The molecule has 0 bridgehead atoms. The molecule has 2 aromatic carbocycles. The number of carbonyl (C=O) groups excluding carboxylic acids is 1. The normalized spacial score (nSPS) is 13.3. The van der Waals surface area contributed by atoms with E-state index in [1.54, 1.807) is 7.11 Å². The molecule has 6 heteroatoms. The molecule has 0 aliphatic carbocycles. The van der Waals surface area contributed by atoms with Gasteiger partial charge in [0.2, 0.25) is 0 Å². The molecular formula is C27H26Cl2N2O2. The van der Waals surface area contributed by atoms with Crippen molar-refractivity contribution >= 4 is 34.6 Å². The lowest BCUT2D eigenvalue weighted by atomic mass is 9.95. The lowest BCUT2D eigenvalue weighted by Crippen LogP contribution is -2.04. The molecule has 3 heterocycles. The monoisotopic (exact) mass is 480 g/mol. The highest BCUT2D eigenvalue weighted by Gasteiger charge is 2.29. The topological polar surface area (TPSA) is 35.6 Å². The second kappa shape index (κ2) is 8.92. The summed E-state index contributed by atoms with van der Waals surface area (Å²) in [5, 5.41) is 1.07. The first-order valence-electron chi connectivity index (χ1n) is 11.4. The van der Waals surface area contributed by atoms with Crippen LogP contribution >= 0.6 is 23.2 Å². The van der Waals surface area contributed by atoms with E-state index in [0.29, 0.717) is 16.5 Å². The van der Waals surface area contributed by atoms with Crippen LogP contribution in [0.5, 0.6) is 5.75 Å². The third-order valence-corrected chi connectivity index (χ3v) is 7.21. The molecule has 0 spiro atoms. The Morgan fingerprint density at radius 3 is 2.48 bits per heavy atom. The molecular weight excluding hydrogens is 455 g/mol. The lowest BCUT2D eigenvalue weighted by Gasteiger charge is -2.10. The molecule has 2 aromatic heterocycles. The molecule has 5 rings (SSSR count). The van der Waals surface area contributed by atoms with E-state index in [1.165, 1.54) is 5.56 Å². The predicted octanol–water partition coefficient (Wildman–Crippen LogP) is 7.71. The van der Waals surface area contributed by atoms with Gasteiger partial charge in [0.1, 0.15) is 11.4 Å². The molecule has 0 atom stereocenters. The van der Waals surface area contributed by atoms with Crippen LogP contribution in [0.15, 0.2) is 48.7 Å². The van der Waals surface area contributed by atoms with Crippen LogP contribution in [0, 0.1) is 0 Å². The van der Waals surface area contributed by atoms with Crippen molar-refractivity contribution < 1.29 is 9.53 Å². The molecule has 0 saturated carbocycles. The Morgan fingerprint density at radius 2 is 1.79 bits per heavy atom. The third kappa shape index (κ3) is 3.75. The fraction of sp³-hybridized carbons (Fsp3) is 0.296. The van der Waals surface area contributed by atoms with Crippen molar-refractivity contribution in [1.82, 2.24) is 8.97 Å². The Kier molecular flexibility index (Phi) is 5.98. The number of aryl methyl sites for hydroxylation is 2. The van der Waals surface area contributed by atoms with Gasteiger partial charge in [-0.25, -0.2) is 0 Å². The number of benzene rings is 2. The van der Waals surface area contributed by atoms with E-state index in [9.17, 15) is 4.79 Å². The van der Waals surface area contributed by atoms with E-state index in [-0.39, 0.29) is 5.78 Å². The maximum absolute atomic E-state index is 13.5. The summed E-state index contributed by atoms with van der Waals surface area (Å²) < 4.78 is 9.82. The van der Waals surface area contributed by atoms with Crippen molar-refractivity contribution in [2.75, 3.05) is 7.11 Å². The molecule has 4 nitrogen and oxygen atoms in total. The van der Waals surface area contributed by atoms with Crippen LogP contribution in [0.1, 0.15) is 48.7 Å². The summed E-state index contributed by atoms with van der Waals surface area (Å²) in [6, 6.07) is 13.8. The summed E-state index contributed by atoms with van der Waals surface area (Å²) in [6.07, 6.45) is 6.51. The van der Waals surface area contributed by atoms with Crippen LogP contribution < -0.4 is 4.74 Å². The molecule has 4 aromatic rings. The minimum atomic E-state index is 0.169. The van der Waals surface area contributed by atoms with Crippen LogP contribution in [-0.2, 0) is 13.0 Å². The van der Waals surface area contributed by atoms with Gasteiger partial charge in [-0.2, -0.15) is 0 Å². The Balaban J connectivity index is 1.81. The van der Waals surface area contributed by atoms with Crippen LogP contribution in [0.2, 0.25) is 10.0 Å². The average molecular weight is 481 g/mol. The number of ketones is 1. The third-order valence-electron chi connectivity index (χ3n) is 6.47. The summed E-state index contributed by atoms with van der Waals surface area (Å²) in [7, 11) is 1.67. The van der Waals surface area contributed by atoms with Crippen molar-refractivity contribution in [1.29, 1.82) is 0 Å². The Hall–Kier alpha value is -2.69. The van der Waals surface area contributed by atoms with Crippen molar-refractivity contribution in [2.24, 2.45) is 0 Å². The highest BCUT2D eigenvalue weighted by molar-refractivity contribution is 6.42. The van der Waals surface area contributed by atoms with Crippen LogP contribution in [-0.4, -0.2) is 21.9 Å². The van der Waals surface area contributed by atoms with Gasteiger partial charge in [0.15, 0.2) is 5.78 Å². The van der Waals surface area contributed by atoms with Gasteiger partial charge in [-0.15, -0.1) is 0 Å². The van der Waals surface area contributed by atoms with Gasteiger partial charge in [-0.1, -0.05) is 48.3 Å². The maximum Gasteiger partial charge on any atom is 0.180 e. The number of Topliss-reactive ketones (excluding diaryl/α,β-unsaturated/α-hetero) is 1. The van der Waals surface area contributed by atoms with Crippen LogP contribution in [0.25, 0.3) is 28.0 Å². The van der Waals surface area contributed by atoms with E-state index in [4.69, 9.17) is 27.9 Å². The minimum Gasteiger partial charge on any atom is -0.497 e.